The molecule has 3 nitrogen and oxygen atoms in total. The summed E-state index contributed by atoms with van der Waals surface area (Å²) >= 11 is 0. The molecule has 1 N–H and O–H groups in total. The van der Waals surface area contributed by atoms with E-state index in [4.69, 9.17) is 0 Å². The Morgan fingerprint density at radius 1 is 1.31 bits per heavy atom. The van der Waals surface area contributed by atoms with Crippen molar-refractivity contribution in [3.05, 3.63) is 35.4 Å². The highest BCUT2D eigenvalue weighted by molar-refractivity contribution is 7.90. The van der Waals surface area contributed by atoms with Crippen molar-refractivity contribution in [2.45, 2.75) is 12.7 Å². The first kappa shape index (κ1) is 11.6. The summed E-state index contributed by atoms with van der Waals surface area (Å²) in [6, 6.07) is 7.67. The monoisotopic (exact) mass is 239 g/mol. The van der Waals surface area contributed by atoms with Crippen LogP contribution in [0, 0.1) is 12.8 Å². The fourth-order valence-electron chi connectivity index (χ4n) is 1.89. The highest BCUT2D eigenvalue weighted by Crippen LogP contribution is 2.15. The molecule has 88 valence electrons. The molecule has 0 aromatic heterocycles. The quantitative estimate of drug-likeness (QED) is 0.856. The lowest BCUT2D eigenvalue weighted by atomic mass is 10.1. The Labute approximate surface area is 96.8 Å². The van der Waals surface area contributed by atoms with Crippen LogP contribution in [0.15, 0.2) is 24.3 Å². The molecular formula is C12H17NO2S. The van der Waals surface area contributed by atoms with Gasteiger partial charge in [0.05, 0.1) is 11.5 Å². The normalized spacial score (nSPS) is 17.1. The van der Waals surface area contributed by atoms with E-state index >= 15 is 0 Å². The lowest BCUT2D eigenvalue weighted by molar-refractivity contribution is 0.378. The van der Waals surface area contributed by atoms with Crippen molar-refractivity contribution in [2.75, 3.05) is 18.8 Å². The van der Waals surface area contributed by atoms with Crippen molar-refractivity contribution < 1.29 is 8.42 Å². The molecule has 1 aromatic carbocycles. The third kappa shape index (κ3) is 2.83. The van der Waals surface area contributed by atoms with Crippen molar-refractivity contribution in [3.8, 4) is 0 Å². The van der Waals surface area contributed by atoms with Gasteiger partial charge in [-0.15, -0.1) is 0 Å². The van der Waals surface area contributed by atoms with Gasteiger partial charge in [0.2, 0.25) is 0 Å². The molecule has 0 unspecified atom stereocenters. The highest BCUT2D eigenvalue weighted by Gasteiger charge is 2.24. The predicted molar refractivity (Wildman–Crippen MR) is 65.0 cm³/mol. The minimum Gasteiger partial charge on any atom is -0.316 e. The standard InChI is InChI=1S/C12H17NO2S/c1-10-4-2-3-5-12(10)9-16(14,15)8-11-6-13-7-11/h2-5,11,13H,6-9H2,1H3. The molecule has 1 aliphatic heterocycles. The summed E-state index contributed by atoms with van der Waals surface area (Å²) in [5.41, 5.74) is 1.98. The first-order valence-electron chi connectivity index (χ1n) is 5.52. The molecule has 0 amide bonds. The summed E-state index contributed by atoms with van der Waals surface area (Å²) in [5.74, 6) is 0.804. The van der Waals surface area contributed by atoms with Crippen LogP contribution in [0.3, 0.4) is 0 Å². The summed E-state index contributed by atoms with van der Waals surface area (Å²) in [7, 11) is -2.96. The van der Waals surface area contributed by atoms with E-state index in [0.717, 1.165) is 24.2 Å². The molecule has 0 bridgehead atoms. The number of hydrogen-bond donors (Lipinski definition) is 1. The minimum absolute atomic E-state index is 0.177. The maximum absolute atomic E-state index is 11.9. The van der Waals surface area contributed by atoms with Gasteiger partial charge in [0, 0.05) is 13.1 Å². The minimum atomic E-state index is -2.96. The second-order valence-electron chi connectivity index (χ2n) is 4.51. The molecule has 0 saturated carbocycles. The van der Waals surface area contributed by atoms with E-state index in [0.29, 0.717) is 11.7 Å². The summed E-state index contributed by atoms with van der Waals surface area (Å²) in [5, 5.41) is 3.09. The van der Waals surface area contributed by atoms with Crippen molar-refractivity contribution >= 4 is 9.84 Å². The van der Waals surface area contributed by atoms with Gasteiger partial charge >= 0.3 is 0 Å². The third-order valence-electron chi connectivity index (χ3n) is 2.99. The zero-order chi connectivity index (χ0) is 11.6. The SMILES string of the molecule is Cc1ccccc1CS(=O)(=O)CC1CNC1. The molecule has 1 aliphatic rings. The number of benzene rings is 1. The maximum atomic E-state index is 11.9. The Hall–Kier alpha value is -0.870. The van der Waals surface area contributed by atoms with Gasteiger partial charge in [-0.1, -0.05) is 24.3 Å². The Bertz CT molecular complexity index is 464. The molecule has 0 radical (unpaired) electrons. The molecular weight excluding hydrogens is 222 g/mol. The largest absolute Gasteiger partial charge is 0.316 e. The molecule has 1 heterocycles. The van der Waals surface area contributed by atoms with Gasteiger partial charge in [-0.2, -0.15) is 0 Å². The van der Waals surface area contributed by atoms with Gasteiger partial charge in [0.15, 0.2) is 9.84 Å². The lowest BCUT2D eigenvalue weighted by Gasteiger charge is -2.26. The van der Waals surface area contributed by atoms with Crippen LogP contribution in [0.25, 0.3) is 0 Å². The lowest BCUT2D eigenvalue weighted by Crippen LogP contribution is -2.45. The number of aryl methyl sites for hydroxylation is 1. The van der Waals surface area contributed by atoms with E-state index in [1.165, 1.54) is 0 Å². The van der Waals surface area contributed by atoms with Crippen LogP contribution in [-0.4, -0.2) is 27.3 Å². The van der Waals surface area contributed by atoms with Crippen molar-refractivity contribution in [3.63, 3.8) is 0 Å². The van der Waals surface area contributed by atoms with Crippen LogP contribution in [0.1, 0.15) is 11.1 Å². The fourth-order valence-corrected chi connectivity index (χ4v) is 3.76. The van der Waals surface area contributed by atoms with Gasteiger partial charge in [-0.05, 0) is 24.0 Å². The molecule has 0 spiro atoms. The molecule has 0 aliphatic carbocycles. The average Bonchev–Trinajstić information content (AvgIpc) is 2.16. The van der Waals surface area contributed by atoms with E-state index in [1.54, 1.807) is 0 Å². The molecule has 1 fully saturated rings. The molecule has 0 atom stereocenters. The molecule has 2 rings (SSSR count). The summed E-state index contributed by atoms with van der Waals surface area (Å²) in [6.45, 7) is 3.63. The molecule has 1 saturated heterocycles. The van der Waals surface area contributed by atoms with Gasteiger partial charge in [0.25, 0.3) is 0 Å². The topological polar surface area (TPSA) is 46.2 Å². The second kappa shape index (κ2) is 4.55. The smallest absolute Gasteiger partial charge is 0.154 e. The average molecular weight is 239 g/mol. The zero-order valence-electron chi connectivity index (χ0n) is 9.44. The van der Waals surface area contributed by atoms with Crippen LogP contribution in [0.4, 0.5) is 0 Å². The van der Waals surface area contributed by atoms with E-state index in [9.17, 15) is 8.42 Å². The summed E-state index contributed by atoms with van der Waals surface area (Å²) < 4.78 is 23.9. The fraction of sp³-hybridized carbons (Fsp3) is 0.500. The van der Waals surface area contributed by atoms with Crippen LogP contribution in [-0.2, 0) is 15.6 Å². The molecule has 1 aromatic rings. The third-order valence-corrected chi connectivity index (χ3v) is 4.72. The first-order chi connectivity index (χ1) is 7.57. The van der Waals surface area contributed by atoms with Gasteiger partial charge in [-0.25, -0.2) is 8.42 Å². The van der Waals surface area contributed by atoms with Crippen LogP contribution in [0.2, 0.25) is 0 Å². The number of sulfone groups is 1. The van der Waals surface area contributed by atoms with Crippen LogP contribution in [0.5, 0.6) is 0 Å². The summed E-state index contributed by atoms with van der Waals surface area (Å²) in [4.78, 5) is 0. The van der Waals surface area contributed by atoms with Crippen molar-refractivity contribution in [2.24, 2.45) is 5.92 Å². The molecule has 4 heteroatoms. The summed E-state index contributed by atoms with van der Waals surface area (Å²) in [6.07, 6.45) is 0. The maximum Gasteiger partial charge on any atom is 0.154 e. The van der Waals surface area contributed by atoms with E-state index in [2.05, 4.69) is 5.32 Å². The first-order valence-corrected chi connectivity index (χ1v) is 7.34. The second-order valence-corrected chi connectivity index (χ2v) is 6.61. The zero-order valence-corrected chi connectivity index (χ0v) is 10.3. The van der Waals surface area contributed by atoms with E-state index in [-0.39, 0.29) is 5.75 Å². The predicted octanol–water partition coefficient (Wildman–Crippen LogP) is 1.13. The van der Waals surface area contributed by atoms with Crippen molar-refractivity contribution in [1.82, 2.24) is 5.32 Å². The Kier molecular flexibility index (Phi) is 3.30. The molecule has 16 heavy (non-hydrogen) atoms. The Balaban J connectivity index is 2.05. The Morgan fingerprint density at radius 2 is 2.00 bits per heavy atom. The highest BCUT2D eigenvalue weighted by atomic mass is 32.2. The number of rotatable bonds is 4. The number of hydrogen-bond acceptors (Lipinski definition) is 3. The van der Waals surface area contributed by atoms with Gasteiger partial charge < -0.3 is 5.32 Å². The van der Waals surface area contributed by atoms with E-state index < -0.39 is 9.84 Å². The van der Waals surface area contributed by atoms with Gasteiger partial charge in [-0.3, -0.25) is 0 Å². The number of nitrogens with one attached hydrogen (secondary N) is 1. The van der Waals surface area contributed by atoms with Gasteiger partial charge in [0.1, 0.15) is 0 Å². The van der Waals surface area contributed by atoms with Crippen LogP contribution >= 0.6 is 0 Å². The Morgan fingerprint density at radius 3 is 2.56 bits per heavy atom. The van der Waals surface area contributed by atoms with E-state index in [1.807, 2.05) is 31.2 Å². The van der Waals surface area contributed by atoms with Crippen molar-refractivity contribution in [1.29, 1.82) is 0 Å². The van der Waals surface area contributed by atoms with Crippen LogP contribution < -0.4 is 5.32 Å².